The Bertz CT molecular complexity index is 532. The Morgan fingerprint density at radius 3 is 2.60 bits per heavy atom. The zero-order valence-electron chi connectivity index (χ0n) is 10.8. The highest BCUT2D eigenvalue weighted by molar-refractivity contribution is 9.10. The summed E-state index contributed by atoms with van der Waals surface area (Å²) in [5.41, 5.74) is 6.06. The Labute approximate surface area is 137 Å². The van der Waals surface area contributed by atoms with Crippen LogP contribution in [0.4, 0.5) is 0 Å². The van der Waals surface area contributed by atoms with Gasteiger partial charge in [-0.05, 0) is 18.2 Å². The summed E-state index contributed by atoms with van der Waals surface area (Å²) < 4.78 is 0.845. The van der Waals surface area contributed by atoms with Crippen LogP contribution in [0.2, 0.25) is 5.02 Å². The van der Waals surface area contributed by atoms with Crippen molar-refractivity contribution in [3.63, 3.8) is 0 Å². The molecular formula is C13H15BrClN3OS. The monoisotopic (exact) mass is 375 g/mol. The molecule has 1 saturated heterocycles. The molecule has 1 aliphatic heterocycles. The first-order valence-corrected chi connectivity index (χ1v) is 7.80. The quantitative estimate of drug-likeness (QED) is 0.821. The number of piperazine rings is 1. The van der Waals surface area contributed by atoms with E-state index in [1.54, 1.807) is 12.1 Å². The molecule has 1 aromatic rings. The first-order chi connectivity index (χ1) is 9.47. The van der Waals surface area contributed by atoms with Crippen molar-refractivity contribution >= 4 is 50.6 Å². The van der Waals surface area contributed by atoms with E-state index >= 15 is 0 Å². The number of carbonyl (C=O) groups is 1. The molecule has 2 N–H and O–H groups in total. The minimum Gasteiger partial charge on any atom is -0.392 e. The maximum absolute atomic E-state index is 12.5. The SMILES string of the molecule is NC(=S)CN1CCN(C(=O)c2cc(Br)ccc2Cl)CC1. The summed E-state index contributed by atoms with van der Waals surface area (Å²) in [5.74, 6) is -0.0359. The molecule has 0 spiro atoms. The molecule has 0 unspecified atom stereocenters. The van der Waals surface area contributed by atoms with E-state index in [-0.39, 0.29) is 5.91 Å². The van der Waals surface area contributed by atoms with Crippen molar-refractivity contribution in [2.45, 2.75) is 0 Å². The average Bonchev–Trinajstić information content (AvgIpc) is 2.41. The van der Waals surface area contributed by atoms with E-state index in [9.17, 15) is 4.79 Å². The van der Waals surface area contributed by atoms with E-state index in [1.807, 2.05) is 11.0 Å². The number of hydrogen-bond acceptors (Lipinski definition) is 3. The fourth-order valence-electron chi connectivity index (χ4n) is 2.16. The summed E-state index contributed by atoms with van der Waals surface area (Å²) in [7, 11) is 0. The molecule has 0 bridgehead atoms. The molecule has 1 fully saturated rings. The molecule has 1 heterocycles. The van der Waals surface area contributed by atoms with E-state index in [0.29, 0.717) is 35.2 Å². The van der Waals surface area contributed by atoms with Crippen molar-refractivity contribution in [1.29, 1.82) is 0 Å². The van der Waals surface area contributed by atoms with Crippen LogP contribution in [0.5, 0.6) is 0 Å². The number of nitrogens with two attached hydrogens (primary N) is 1. The molecule has 1 aliphatic rings. The number of carbonyl (C=O) groups excluding carboxylic acids is 1. The van der Waals surface area contributed by atoms with Gasteiger partial charge in [-0.2, -0.15) is 0 Å². The average molecular weight is 377 g/mol. The van der Waals surface area contributed by atoms with Crippen molar-refractivity contribution in [3.05, 3.63) is 33.3 Å². The third kappa shape index (κ3) is 3.91. The summed E-state index contributed by atoms with van der Waals surface area (Å²) >= 11 is 14.4. The van der Waals surface area contributed by atoms with Crippen molar-refractivity contribution in [2.24, 2.45) is 5.73 Å². The third-order valence-electron chi connectivity index (χ3n) is 3.20. The third-order valence-corrected chi connectivity index (χ3v) is 4.15. The normalized spacial score (nSPS) is 16.2. The van der Waals surface area contributed by atoms with Crippen LogP contribution in [-0.4, -0.2) is 53.4 Å². The lowest BCUT2D eigenvalue weighted by atomic mass is 10.2. The fourth-order valence-corrected chi connectivity index (χ4v) is 2.90. The van der Waals surface area contributed by atoms with Crippen LogP contribution in [0.1, 0.15) is 10.4 Å². The van der Waals surface area contributed by atoms with Gasteiger partial charge in [-0.3, -0.25) is 9.69 Å². The van der Waals surface area contributed by atoms with E-state index in [0.717, 1.165) is 17.6 Å². The van der Waals surface area contributed by atoms with Gasteiger partial charge in [-0.1, -0.05) is 39.7 Å². The van der Waals surface area contributed by atoms with Gasteiger partial charge >= 0.3 is 0 Å². The summed E-state index contributed by atoms with van der Waals surface area (Å²) in [6.45, 7) is 3.47. The lowest BCUT2D eigenvalue weighted by Crippen LogP contribution is -2.50. The number of amides is 1. The van der Waals surface area contributed by atoms with Gasteiger partial charge in [0.2, 0.25) is 0 Å². The Morgan fingerprint density at radius 1 is 1.35 bits per heavy atom. The summed E-state index contributed by atoms with van der Waals surface area (Å²) in [5, 5.41) is 0.476. The van der Waals surface area contributed by atoms with Gasteiger partial charge < -0.3 is 10.6 Å². The van der Waals surface area contributed by atoms with Crippen molar-refractivity contribution < 1.29 is 4.79 Å². The number of rotatable bonds is 3. The highest BCUT2D eigenvalue weighted by Crippen LogP contribution is 2.22. The van der Waals surface area contributed by atoms with Gasteiger partial charge in [-0.25, -0.2) is 0 Å². The van der Waals surface area contributed by atoms with Crippen molar-refractivity contribution in [1.82, 2.24) is 9.80 Å². The van der Waals surface area contributed by atoms with Crippen LogP contribution in [0.25, 0.3) is 0 Å². The molecule has 0 aromatic heterocycles. The van der Waals surface area contributed by atoms with Crippen molar-refractivity contribution in [2.75, 3.05) is 32.7 Å². The number of hydrogen-bond donors (Lipinski definition) is 1. The lowest BCUT2D eigenvalue weighted by Gasteiger charge is -2.34. The number of benzene rings is 1. The van der Waals surface area contributed by atoms with E-state index in [1.165, 1.54) is 0 Å². The summed E-state index contributed by atoms with van der Waals surface area (Å²) in [6.07, 6.45) is 0. The molecule has 0 radical (unpaired) electrons. The summed E-state index contributed by atoms with van der Waals surface area (Å²) in [4.78, 5) is 16.9. The van der Waals surface area contributed by atoms with Gasteiger partial charge in [0.05, 0.1) is 15.6 Å². The van der Waals surface area contributed by atoms with E-state index < -0.39 is 0 Å². The Hall–Kier alpha value is -0.690. The van der Waals surface area contributed by atoms with Crippen LogP contribution in [0, 0.1) is 0 Å². The van der Waals surface area contributed by atoms with Gasteiger partial charge in [0, 0.05) is 37.2 Å². The van der Waals surface area contributed by atoms with Gasteiger partial charge in [0.1, 0.15) is 0 Å². The van der Waals surface area contributed by atoms with Crippen molar-refractivity contribution in [3.8, 4) is 0 Å². The molecule has 0 aliphatic carbocycles. The largest absolute Gasteiger partial charge is 0.392 e. The van der Waals surface area contributed by atoms with Crippen LogP contribution < -0.4 is 5.73 Å². The molecule has 1 amide bonds. The molecule has 108 valence electrons. The highest BCUT2D eigenvalue weighted by atomic mass is 79.9. The zero-order valence-corrected chi connectivity index (χ0v) is 14.0. The second kappa shape index (κ2) is 6.85. The van der Waals surface area contributed by atoms with Crippen LogP contribution in [0.3, 0.4) is 0 Å². The molecule has 7 heteroatoms. The number of nitrogens with zero attached hydrogens (tertiary/aromatic N) is 2. The highest BCUT2D eigenvalue weighted by Gasteiger charge is 2.23. The second-order valence-electron chi connectivity index (χ2n) is 4.66. The topological polar surface area (TPSA) is 49.6 Å². The standard InChI is InChI=1S/C13H15BrClN3OS/c14-9-1-2-11(15)10(7-9)13(19)18-5-3-17(4-6-18)8-12(16)20/h1-2,7H,3-6,8H2,(H2,16,20). The van der Waals surface area contributed by atoms with Crippen LogP contribution in [0.15, 0.2) is 22.7 Å². The van der Waals surface area contributed by atoms with Crippen LogP contribution in [-0.2, 0) is 0 Å². The smallest absolute Gasteiger partial charge is 0.255 e. The first kappa shape index (κ1) is 15.7. The number of thiocarbonyl (C=S) groups is 1. The minimum absolute atomic E-state index is 0.0359. The predicted molar refractivity (Wildman–Crippen MR) is 88.3 cm³/mol. The van der Waals surface area contributed by atoms with Gasteiger partial charge in [0.25, 0.3) is 5.91 Å². The Morgan fingerprint density at radius 2 is 2.00 bits per heavy atom. The molecule has 4 nitrogen and oxygen atoms in total. The lowest BCUT2D eigenvalue weighted by molar-refractivity contribution is 0.0654. The fraction of sp³-hybridized carbons (Fsp3) is 0.385. The molecule has 1 aromatic carbocycles. The zero-order chi connectivity index (χ0) is 14.7. The molecule has 20 heavy (non-hydrogen) atoms. The Kier molecular flexibility index (Phi) is 5.37. The van der Waals surface area contributed by atoms with Crippen LogP contribution >= 0.6 is 39.7 Å². The molecular weight excluding hydrogens is 362 g/mol. The second-order valence-corrected chi connectivity index (χ2v) is 6.51. The molecule has 2 rings (SSSR count). The number of halogens is 2. The maximum Gasteiger partial charge on any atom is 0.255 e. The minimum atomic E-state index is -0.0359. The molecule has 0 atom stereocenters. The maximum atomic E-state index is 12.5. The van der Waals surface area contributed by atoms with Gasteiger partial charge in [0.15, 0.2) is 0 Å². The summed E-state index contributed by atoms with van der Waals surface area (Å²) in [6, 6.07) is 5.30. The van der Waals surface area contributed by atoms with Gasteiger partial charge in [-0.15, -0.1) is 0 Å². The Balaban J connectivity index is 2.01. The molecule has 0 saturated carbocycles. The van der Waals surface area contributed by atoms with E-state index in [2.05, 4.69) is 20.8 Å². The van der Waals surface area contributed by atoms with E-state index in [4.69, 9.17) is 29.6 Å². The predicted octanol–water partition coefficient (Wildman–Crippen LogP) is 2.15. The first-order valence-electron chi connectivity index (χ1n) is 6.22.